The summed E-state index contributed by atoms with van der Waals surface area (Å²) in [6.45, 7) is 6.40. The van der Waals surface area contributed by atoms with Crippen molar-refractivity contribution in [3.8, 4) is 11.4 Å². The van der Waals surface area contributed by atoms with Crippen LogP contribution in [0.25, 0.3) is 11.4 Å². The van der Waals surface area contributed by atoms with Crippen LogP contribution in [0.5, 0.6) is 0 Å². The predicted molar refractivity (Wildman–Crippen MR) is 94.5 cm³/mol. The third kappa shape index (κ3) is 4.08. The molecule has 3 aromatic rings. The van der Waals surface area contributed by atoms with Crippen LogP contribution in [0, 0.1) is 6.92 Å². The first-order valence-corrected chi connectivity index (χ1v) is 8.84. The van der Waals surface area contributed by atoms with Gasteiger partial charge in [-0.25, -0.2) is 4.98 Å². The Morgan fingerprint density at radius 1 is 1.36 bits per heavy atom. The van der Waals surface area contributed by atoms with Gasteiger partial charge in [0.1, 0.15) is 4.88 Å². The molecule has 0 aliphatic rings. The lowest BCUT2D eigenvalue weighted by Gasteiger charge is -2.01. The van der Waals surface area contributed by atoms with Crippen LogP contribution >= 0.6 is 11.3 Å². The molecule has 7 nitrogen and oxygen atoms in total. The van der Waals surface area contributed by atoms with Crippen molar-refractivity contribution in [1.29, 1.82) is 0 Å². The Morgan fingerprint density at radius 3 is 2.88 bits per heavy atom. The van der Waals surface area contributed by atoms with E-state index in [0.717, 1.165) is 16.3 Å². The van der Waals surface area contributed by atoms with Gasteiger partial charge in [-0.1, -0.05) is 19.0 Å². The van der Waals surface area contributed by atoms with Crippen molar-refractivity contribution in [3.05, 3.63) is 46.0 Å². The number of thiazole rings is 1. The van der Waals surface area contributed by atoms with Gasteiger partial charge in [0.15, 0.2) is 0 Å². The van der Waals surface area contributed by atoms with E-state index in [-0.39, 0.29) is 5.91 Å². The zero-order chi connectivity index (χ0) is 17.8. The SMILES string of the molecule is Cc1nc(C(C)C)sc1C(=O)NCCc1nc(-c2cccnc2)no1. The maximum Gasteiger partial charge on any atom is 0.263 e. The molecule has 0 fully saturated rings. The molecule has 130 valence electrons. The van der Waals surface area contributed by atoms with E-state index in [9.17, 15) is 4.79 Å². The molecule has 0 atom stereocenters. The van der Waals surface area contributed by atoms with Crippen LogP contribution in [0.15, 0.2) is 29.0 Å². The van der Waals surface area contributed by atoms with Gasteiger partial charge in [-0.3, -0.25) is 9.78 Å². The molecule has 3 rings (SSSR count). The monoisotopic (exact) mass is 357 g/mol. The number of nitrogens with one attached hydrogen (secondary N) is 1. The van der Waals surface area contributed by atoms with Crippen molar-refractivity contribution in [2.45, 2.75) is 33.1 Å². The van der Waals surface area contributed by atoms with Crippen LogP contribution in [0.2, 0.25) is 0 Å². The summed E-state index contributed by atoms with van der Waals surface area (Å²) in [6.07, 6.45) is 3.83. The van der Waals surface area contributed by atoms with Crippen LogP contribution in [0.4, 0.5) is 0 Å². The van der Waals surface area contributed by atoms with Gasteiger partial charge in [0.25, 0.3) is 5.91 Å². The summed E-state index contributed by atoms with van der Waals surface area (Å²) in [5, 5.41) is 7.79. The average molecular weight is 357 g/mol. The van der Waals surface area contributed by atoms with Crippen molar-refractivity contribution in [2.24, 2.45) is 0 Å². The second-order valence-corrected chi connectivity index (χ2v) is 6.91. The number of hydrogen-bond acceptors (Lipinski definition) is 7. The van der Waals surface area contributed by atoms with Gasteiger partial charge in [-0.15, -0.1) is 11.3 Å². The lowest BCUT2D eigenvalue weighted by atomic mass is 10.2. The van der Waals surface area contributed by atoms with Gasteiger partial charge in [-0.2, -0.15) is 4.98 Å². The minimum absolute atomic E-state index is 0.117. The first-order valence-electron chi connectivity index (χ1n) is 8.03. The highest BCUT2D eigenvalue weighted by Gasteiger charge is 2.17. The van der Waals surface area contributed by atoms with Crippen LogP contribution < -0.4 is 5.32 Å². The highest BCUT2D eigenvalue weighted by Crippen LogP contribution is 2.24. The molecular weight excluding hydrogens is 338 g/mol. The molecule has 25 heavy (non-hydrogen) atoms. The standard InChI is InChI=1S/C17H19N5O2S/c1-10(2)17-20-11(3)14(25-17)16(23)19-8-6-13-21-15(22-24-13)12-5-4-7-18-9-12/h4-5,7,9-10H,6,8H2,1-3H3,(H,19,23). The number of aryl methyl sites for hydroxylation is 1. The Balaban J connectivity index is 1.56. The molecule has 8 heteroatoms. The van der Waals surface area contributed by atoms with Crippen LogP contribution in [0.1, 0.15) is 46.0 Å². The summed E-state index contributed by atoms with van der Waals surface area (Å²) >= 11 is 1.44. The van der Waals surface area contributed by atoms with Crippen LogP contribution in [-0.2, 0) is 6.42 Å². The first kappa shape index (κ1) is 17.2. The number of carbonyl (C=O) groups excluding carboxylic acids is 1. The number of amides is 1. The Hall–Kier alpha value is -2.61. The summed E-state index contributed by atoms with van der Waals surface area (Å²) < 4.78 is 5.22. The van der Waals surface area contributed by atoms with Gasteiger partial charge in [-0.05, 0) is 19.1 Å². The fourth-order valence-corrected chi connectivity index (χ4v) is 3.19. The van der Waals surface area contributed by atoms with Crippen molar-refractivity contribution >= 4 is 17.2 Å². The van der Waals surface area contributed by atoms with Crippen LogP contribution in [-0.4, -0.2) is 32.6 Å². The van der Waals surface area contributed by atoms with E-state index >= 15 is 0 Å². The molecule has 3 aromatic heterocycles. The molecule has 0 saturated heterocycles. The van der Waals surface area contributed by atoms with E-state index in [0.29, 0.717) is 35.5 Å². The van der Waals surface area contributed by atoms with Crippen molar-refractivity contribution < 1.29 is 9.32 Å². The summed E-state index contributed by atoms with van der Waals surface area (Å²) in [7, 11) is 0. The highest BCUT2D eigenvalue weighted by atomic mass is 32.1. The molecule has 0 aliphatic heterocycles. The van der Waals surface area contributed by atoms with Crippen molar-refractivity contribution in [1.82, 2.24) is 25.4 Å². The van der Waals surface area contributed by atoms with Crippen molar-refractivity contribution in [2.75, 3.05) is 6.54 Å². The molecule has 0 aliphatic carbocycles. The number of hydrogen-bond donors (Lipinski definition) is 1. The molecule has 0 aromatic carbocycles. The van der Waals surface area contributed by atoms with Gasteiger partial charge < -0.3 is 9.84 Å². The fourth-order valence-electron chi connectivity index (χ4n) is 2.21. The molecule has 0 spiro atoms. The number of rotatable bonds is 6. The van der Waals surface area contributed by atoms with Gasteiger partial charge in [0, 0.05) is 36.8 Å². The molecule has 0 bridgehead atoms. The summed E-state index contributed by atoms with van der Waals surface area (Å²) in [4.78, 5) is 25.8. The Labute approximate surface area is 149 Å². The molecule has 1 amide bonds. The normalized spacial score (nSPS) is 11.0. The average Bonchev–Trinajstić information content (AvgIpc) is 3.22. The second kappa shape index (κ2) is 7.52. The van der Waals surface area contributed by atoms with Gasteiger partial charge in [0.05, 0.1) is 10.7 Å². The predicted octanol–water partition coefficient (Wildman–Crippen LogP) is 2.99. The molecular formula is C17H19N5O2S. The summed E-state index contributed by atoms with van der Waals surface area (Å²) in [6, 6.07) is 3.68. The molecule has 0 saturated carbocycles. The maximum absolute atomic E-state index is 12.3. The summed E-state index contributed by atoms with van der Waals surface area (Å²) in [5.74, 6) is 1.17. The first-order chi connectivity index (χ1) is 12.0. The number of nitrogens with zero attached hydrogens (tertiary/aromatic N) is 4. The Kier molecular flexibility index (Phi) is 5.18. The zero-order valence-electron chi connectivity index (χ0n) is 14.3. The zero-order valence-corrected chi connectivity index (χ0v) is 15.1. The third-order valence-corrected chi connectivity index (χ3v) is 4.98. The Bertz CT molecular complexity index is 857. The second-order valence-electron chi connectivity index (χ2n) is 5.88. The quantitative estimate of drug-likeness (QED) is 0.729. The maximum atomic E-state index is 12.3. The lowest BCUT2D eigenvalue weighted by molar-refractivity contribution is 0.0956. The van der Waals surface area contributed by atoms with E-state index in [4.69, 9.17) is 4.52 Å². The molecule has 1 N–H and O–H groups in total. The largest absolute Gasteiger partial charge is 0.351 e. The number of carbonyl (C=O) groups is 1. The lowest BCUT2D eigenvalue weighted by Crippen LogP contribution is -2.25. The van der Waals surface area contributed by atoms with E-state index in [1.165, 1.54) is 11.3 Å². The van der Waals surface area contributed by atoms with Gasteiger partial charge >= 0.3 is 0 Å². The van der Waals surface area contributed by atoms with Gasteiger partial charge in [0.2, 0.25) is 11.7 Å². The van der Waals surface area contributed by atoms with Crippen LogP contribution in [0.3, 0.4) is 0 Å². The smallest absolute Gasteiger partial charge is 0.263 e. The van der Waals surface area contributed by atoms with E-state index in [1.807, 2.05) is 19.1 Å². The van der Waals surface area contributed by atoms with E-state index < -0.39 is 0 Å². The highest BCUT2D eigenvalue weighted by molar-refractivity contribution is 7.13. The topological polar surface area (TPSA) is 93.8 Å². The van der Waals surface area contributed by atoms with E-state index in [2.05, 4.69) is 39.3 Å². The fraction of sp³-hybridized carbons (Fsp3) is 0.353. The van der Waals surface area contributed by atoms with E-state index in [1.54, 1.807) is 12.4 Å². The summed E-state index contributed by atoms with van der Waals surface area (Å²) in [5.41, 5.74) is 1.56. The number of aromatic nitrogens is 4. The molecule has 0 unspecified atom stereocenters. The minimum Gasteiger partial charge on any atom is -0.351 e. The molecule has 0 radical (unpaired) electrons. The minimum atomic E-state index is -0.117. The number of pyridine rings is 1. The third-order valence-electron chi connectivity index (χ3n) is 3.53. The van der Waals surface area contributed by atoms with Crippen molar-refractivity contribution in [3.63, 3.8) is 0 Å². The molecule has 3 heterocycles. The Morgan fingerprint density at radius 2 is 2.20 bits per heavy atom.